The van der Waals surface area contributed by atoms with Crippen molar-refractivity contribution < 1.29 is 4.79 Å². The SMILES string of the molecule is C=C(c1ccccc1)C(CC(=O)N(C)C)c1cccc2c1sc1ccccc12. The lowest BCUT2D eigenvalue weighted by molar-refractivity contribution is -0.128. The largest absolute Gasteiger partial charge is 0.349 e. The summed E-state index contributed by atoms with van der Waals surface area (Å²) in [4.78, 5) is 14.3. The molecule has 1 aromatic heterocycles. The van der Waals surface area contributed by atoms with E-state index in [1.54, 1.807) is 16.2 Å². The molecule has 0 saturated carbocycles. The molecule has 1 amide bonds. The molecular weight excluding hydrogens is 362 g/mol. The Balaban J connectivity index is 1.88. The predicted molar refractivity (Wildman–Crippen MR) is 121 cm³/mol. The molecule has 0 N–H and O–H groups in total. The summed E-state index contributed by atoms with van der Waals surface area (Å²) in [6.07, 6.45) is 0.411. The quantitative estimate of drug-likeness (QED) is 0.393. The smallest absolute Gasteiger partial charge is 0.223 e. The molecule has 140 valence electrons. The molecular formula is C25H23NOS. The summed E-state index contributed by atoms with van der Waals surface area (Å²) in [6, 6.07) is 25.1. The Labute approximate surface area is 169 Å². The van der Waals surface area contributed by atoms with Gasteiger partial charge in [-0.15, -0.1) is 11.3 Å². The van der Waals surface area contributed by atoms with E-state index in [9.17, 15) is 4.79 Å². The van der Waals surface area contributed by atoms with Crippen LogP contribution in [0.15, 0.2) is 79.4 Å². The van der Waals surface area contributed by atoms with Gasteiger partial charge in [0.1, 0.15) is 0 Å². The fraction of sp³-hybridized carbons (Fsp3) is 0.160. The number of benzene rings is 3. The van der Waals surface area contributed by atoms with E-state index in [4.69, 9.17) is 0 Å². The van der Waals surface area contributed by atoms with Crippen molar-refractivity contribution in [2.75, 3.05) is 14.1 Å². The Kier molecular flexibility index (Phi) is 5.01. The van der Waals surface area contributed by atoms with Gasteiger partial charge in [0.05, 0.1) is 0 Å². The zero-order valence-electron chi connectivity index (χ0n) is 16.2. The third-order valence-corrected chi connectivity index (χ3v) is 6.49. The number of allylic oxidation sites excluding steroid dienone is 1. The van der Waals surface area contributed by atoms with Gasteiger partial charge in [-0.2, -0.15) is 0 Å². The normalized spacial score (nSPS) is 12.2. The highest BCUT2D eigenvalue weighted by Crippen LogP contribution is 2.43. The molecule has 1 heterocycles. The third-order valence-electron chi connectivity index (χ3n) is 5.25. The maximum atomic E-state index is 12.7. The topological polar surface area (TPSA) is 20.3 Å². The van der Waals surface area contributed by atoms with E-state index < -0.39 is 0 Å². The first-order valence-corrected chi connectivity index (χ1v) is 10.2. The summed E-state index contributed by atoms with van der Waals surface area (Å²) in [5.41, 5.74) is 3.25. The first kappa shape index (κ1) is 18.5. The molecule has 0 bridgehead atoms. The highest BCUT2D eigenvalue weighted by molar-refractivity contribution is 7.26. The summed E-state index contributed by atoms with van der Waals surface area (Å²) in [6.45, 7) is 4.41. The minimum Gasteiger partial charge on any atom is -0.349 e. The Hall–Kier alpha value is -2.91. The lowest BCUT2D eigenvalue weighted by Crippen LogP contribution is -2.24. The van der Waals surface area contributed by atoms with Crippen molar-refractivity contribution in [3.63, 3.8) is 0 Å². The monoisotopic (exact) mass is 385 g/mol. The Morgan fingerprint density at radius 2 is 1.61 bits per heavy atom. The Morgan fingerprint density at radius 1 is 0.929 bits per heavy atom. The number of thiophene rings is 1. The standard InChI is InChI=1S/C25H23NOS/c1-17(18-10-5-4-6-11-18)22(16-24(27)26(2)3)21-14-9-13-20-19-12-7-8-15-23(19)28-25(20)21/h4-15,22H,1,16H2,2-3H3. The van der Waals surface area contributed by atoms with E-state index in [-0.39, 0.29) is 11.8 Å². The van der Waals surface area contributed by atoms with Crippen LogP contribution < -0.4 is 0 Å². The molecule has 2 nitrogen and oxygen atoms in total. The minimum absolute atomic E-state index is 0.0611. The molecule has 3 heteroatoms. The molecule has 4 rings (SSSR count). The van der Waals surface area contributed by atoms with Crippen molar-refractivity contribution >= 4 is 43.0 Å². The molecule has 0 fully saturated rings. The van der Waals surface area contributed by atoms with Crippen LogP contribution in [-0.4, -0.2) is 24.9 Å². The van der Waals surface area contributed by atoms with Crippen molar-refractivity contribution in [2.45, 2.75) is 12.3 Å². The van der Waals surface area contributed by atoms with Crippen LogP contribution in [0.4, 0.5) is 0 Å². The molecule has 28 heavy (non-hydrogen) atoms. The number of carbonyl (C=O) groups excluding carboxylic acids is 1. The molecule has 4 aromatic rings. The fourth-order valence-electron chi connectivity index (χ4n) is 3.67. The first-order chi connectivity index (χ1) is 13.6. The number of rotatable bonds is 5. The number of amides is 1. The predicted octanol–water partition coefficient (Wildman–Crippen LogP) is 6.33. The maximum absolute atomic E-state index is 12.7. The average molecular weight is 386 g/mol. The highest BCUT2D eigenvalue weighted by atomic mass is 32.1. The van der Waals surface area contributed by atoms with E-state index in [1.807, 2.05) is 32.3 Å². The lowest BCUT2D eigenvalue weighted by atomic mass is 9.84. The Bertz CT molecular complexity index is 1160. The van der Waals surface area contributed by atoms with Crippen LogP contribution >= 0.6 is 11.3 Å². The molecule has 0 aliphatic heterocycles. The van der Waals surface area contributed by atoms with Gasteiger partial charge in [0.25, 0.3) is 0 Å². The summed E-state index contributed by atoms with van der Waals surface area (Å²) < 4.78 is 2.52. The minimum atomic E-state index is -0.0611. The van der Waals surface area contributed by atoms with E-state index in [1.165, 1.54) is 25.7 Å². The van der Waals surface area contributed by atoms with Gasteiger partial charge in [0.15, 0.2) is 0 Å². The average Bonchev–Trinajstić information content (AvgIpc) is 3.11. The molecule has 0 aliphatic rings. The molecule has 1 atom stereocenters. The van der Waals surface area contributed by atoms with Gasteiger partial charge < -0.3 is 4.90 Å². The van der Waals surface area contributed by atoms with E-state index in [2.05, 4.69) is 61.2 Å². The van der Waals surface area contributed by atoms with Crippen LogP contribution in [0, 0.1) is 0 Å². The maximum Gasteiger partial charge on any atom is 0.223 e. The van der Waals surface area contributed by atoms with Gasteiger partial charge >= 0.3 is 0 Å². The lowest BCUT2D eigenvalue weighted by Gasteiger charge is -2.22. The highest BCUT2D eigenvalue weighted by Gasteiger charge is 2.24. The van der Waals surface area contributed by atoms with Crippen LogP contribution in [-0.2, 0) is 4.79 Å². The van der Waals surface area contributed by atoms with Gasteiger partial charge in [0, 0.05) is 46.6 Å². The second kappa shape index (κ2) is 7.61. The molecule has 0 saturated heterocycles. The van der Waals surface area contributed by atoms with Gasteiger partial charge in [0.2, 0.25) is 5.91 Å². The molecule has 0 spiro atoms. The molecule has 0 radical (unpaired) electrons. The van der Waals surface area contributed by atoms with Crippen molar-refractivity contribution in [2.24, 2.45) is 0 Å². The second-order valence-electron chi connectivity index (χ2n) is 7.26. The van der Waals surface area contributed by atoms with Crippen molar-refractivity contribution in [1.29, 1.82) is 0 Å². The zero-order chi connectivity index (χ0) is 19.7. The van der Waals surface area contributed by atoms with Gasteiger partial charge in [-0.25, -0.2) is 0 Å². The van der Waals surface area contributed by atoms with Gasteiger partial charge in [-0.05, 0) is 22.8 Å². The Morgan fingerprint density at radius 3 is 2.36 bits per heavy atom. The molecule has 0 aliphatic carbocycles. The summed E-state index contributed by atoms with van der Waals surface area (Å²) in [7, 11) is 3.62. The van der Waals surface area contributed by atoms with E-state index in [0.717, 1.165) is 11.1 Å². The van der Waals surface area contributed by atoms with Crippen molar-refractivity contribution in [3.05, 3.63) is 90.5 Å². The van der Waals surface area contributed by atoms with Gasteiger partial charge in [-0.1, -0.05) is 73.3 Å². The van der Waals surface area contributed by atoms with Crippen LogP contribution in [0.1, 0.15) is 23.5 Å². The second-order valence-corrected chi connectivity index (χ2v) is 8.31. The van der Waals surface area contributed by atoms with Crippen LogP contribution in [0.5, 0.6) is 0 Å². The summed E-state index contributed by atoms with van der Waals surface area (Å²) in [5, 5.41) is 2.52. The van der Waals surface area contributed by atoms with Crippen LogP contribution in [0.3, 0.4) is 0 Å². The van der Waals surface area contributed by atoms with Crippen molar-refractivity contribution in [3.8, 4) is 0 Å². The number of fused-ring (bicyclic) bond motifs is 3. The summed E-state index contributed by atoms with van der Waals surface area (Å²) in [5.74, 6) is 0.0502. The number of hydrogen-bond donors (Lipinski definition) is 0. The van der Waals surface area contributed by atoms with Crippen LogP contribution in [0.2, 0.25) is 0 Å². The van der Waals surface area contributed by atoms with E-state index >= 15 is 0 Å². The molecule has 1 unspecified atom stereocenters. The van der Waals surface area contributed by atoms with E-state index in [0.29, 0.717) is 6.42 Å². The molecule has 3 aromatic carbocycles. The van der Waals surface area contributed by atoms with Crippen molar-refractivity contribution in [1.82, 2.24) is 4.90 Å². The number of hydrogen-bond acceptors (Lipinski definition) is 2. The first-order valence-electron chi connectivity index (χ1n) is 9.41. The fourth-order valence-corrected chi connectivity index (χ4v) is 4.95. The number of carbonyl (C=O) groups is 1. The van der Waals surface area contributed by atoms with Crippen LogP contribution in [0.25, 0.3) is 25.7 Å². The van der Waals surface area contributed by atoms with Gasteiger partial charge in [-0.3, -0.25) is 4.79 Å². The number of nitrogens with zero attached hydrogens (tertiary/aromatic N) is 1. The zero-order valence-corrected chi connectivity index (χ0v) is 17.0. The third kappa shape index (κ3) is 3.34. The summed E-state index contributed by atoms with van der Waals surface area (Å²) >= 11 is 1.80.